The number of hydrogen-bond acceptors (Lipinski definition) is 3. The smallest absolute Gasteiger partial charge is 0.306 e. The fraction of sp³-hybridized carbons (Fsp3) is 0.840. The summed E-state index contributed by atoms with van der Waals surface area (Å²) < 4.78 is 6.30. The van der Waals surface area contributed by atoms with Crippen LogP contribution in [0.2, 0.25) is 0 Å². The molecule has 0 amide bonds. The summed E-state index contributed by atoms with van der Waals surface area (Å²) in [6.07, 6.45) is 11.9. The van der Waals surface area contributed by atoms with E-state index in [1.54, 1.807) is 0 Å². The number of carbonyl (C=O) groups excluding carboxylic acids is 2. The van der Waals surface area contributed by atoms with Gasteiger partial charge in [-0.2, -0.15) is 0 Å². The standard InChI is InChI=1S/C25H32O3/c1-23-8-5-13(26)11-19(23)15-12-16(15)21-18(23)6-9-24(2)22(21)14-3-4-17(14)25(24)10-7-20(27)28-25/h11,14-18,21-22H,3-10,12H2,1-2H3/t14-,15?,16?,17+,18?,21?,22?,23-,24+,25+/m1/s1. The Kier molecular flexibility index (Phi) is 2.84. The van der Waals surface area contributed by atoms with Gasteiger partial charge in [-0.15, -0.1) is 0 Å². The van der Waals surface area contributed by atoms with Gasteiger partial charge in [0.05, 0.1) is 0 Å². The van der Waals surface area contributed by atoms with Crippen molar-refractivity contribution >= 4 is 11.8 Å². The van der Waals surface area contributed by atoms with Crippen molar-refractivity contribution < 1.29 is 14.3 Å². The number of esters is 1. The average Bonchev–Trinajstić information content (AvgIpc) is 3.30. The van der Waals surface area contributed by atoms with Gasteiger partial charge in [0.25, 0.3) is 0 Å². The minimum atomic E-state index is -0.146. The summed E-state index contributed by atoms with van der Waals surface area (Å²) in [6.45, 7) is 5.01. The second-order valence-corrected chi connectivity index (χ2v) is 11.9. The Balaban J connectivity index is 1.34. The van der Waals surface area contributed by atoms with E-state index in [1.165, 1.54) is 37.7 Å². The van der Waals surface area contributed by atoms with Crippen LogP contribution < -0.4 is 0 Å². The van der Waals surface area contributed by atoms with Crippen LogP contribution in [0.15, 0.2) is 11.6 Å². The molecule has 0 aromatic carbocycles. The van der Waals surface area contributed by atoms with Gasteiger partial charge in [-0.3, -0.25) is 9.59 Å². The van der Waals surface area contributed by atoms with Gasteiger partial charge in [0.2, 0.25) is 0 Å². The van der Waals surface area contributed by atoms with E-state index in [0.29, 0.717) is 24.0 Å². The highest BCUT2D eigenvalue weighted by molar-refractivity contribution is 5.92. The molecular formula is C25H32O3. The van der Waals surface area contributed by atoms with Gasteiger partial charge in [-0.05, 0) is 91.9 Å². The lowest BCUT2D eigenvalue weighted by Gasteiger charge is -2.59. The van der Waals surface area contributed by atoms with Gasteiger partial charge >= 0.3 is 5.97 Å². The molecular weight excluding hydrogens is 348 g/mol. The zero-order valence-electron chi connectivity index (χ0n) is 17.2. The second kappa shape index (κ2) is 4.78. The Hall–Kier alpha value is -1.12. The molecule has 7 rings (SSSR count). The van der Waals surface area contributed by atoms with Crippen LogP contribution in [0.5, 0.6) is 0 Å². The minimum absolute atomic E-state index is 0.0607. The lowest BCUT2D eigenvalue weighted by atomic mass is 9.45. The van der Waals surface area contributed by atoms with Crippen LogP contribution in [0.25, 0.3) is 0 Å². The molecule has 0 radical (unpaired) electrons. The van der Waals surface area contributed by atoms with Crippen molar-refractivity contribution in [2.24, 2.45) is 52.3 Å². The number of hydrogen-bond donors (Lipinski definition) is 0. The first-order chi connectivity index (χ1) is 13.4. The van der Waals surface area contributed by atoms with Crippen LogP contribution in [-0.4, -0.2) is 17.4 Å². The molecule has 0 bridgehead atoms. The van der Waals surface area contributed by atoms with Gasteiger partial charge < -0.3 is 4.74 Å². The molecule has 1 spiro atoms. The van der Waals surface area contributed by atoms with Crippen molar-refractivity contribution in [2.75, 3.05) is 0 Å². The topological polar surface area (TPSA) is 43.4 Å². The average molecular weight is 381 g/mol. The van der Waals surface area contributed by atoms with E-state index >= 15 is 0 Å². The molecule has 3 nitrogen and oxygen atoms in total. The first kappa shape index (κ1) is 16.7. The zero-order valence-corrected chi connectivity index (χ0v) is 17.2. The van der Waals surface area contributed by atoms with Crippen LogP contribution in [0.4, 0.5) is 0 Å². The monoisotopic (exact) mass is 380 g/mol. The van der Waals surface area contributed by atoms with E-state index in [-0.39, 0.29) is 22.4 Å². The van der Waals surface area contributed by atoms with E-state index in [0.717, 1.165) is 48.9 Å². The summed E-state index contributed by atoms with van der Waals surface area (Å²) in [5, 5.41) is 0. The summed E-state index contributed by atoms with van der Waals surface area (Å²) >= 11 is 0. The number of fused-ring (bicyclic) bond motifs is 12. The molecule has 5 unspecified atom stereocenters. The van der Waals surface area contributed by atoms with Crippen molar-refractivity contribution in [3.63, 3.8) is 0 Å². The fourth-order valence-corrected chi connectivity index (χ4v) is 10.1. The Morgan fingerprint density at radius 1 is 0.964 bits per heavy atom. The van der Waals surface area contributed by atoms with Crippen molar-refractivity contribution in [3.8, 4) is 0 Å². The maximum absolute atomic E-state index is 12.3. The molecule has 5 saturated carbocycles. The van der Waals surface area contributed by atoms with E-state index in [1.807, 2.05) is 0 Å². The molecule has 1 saturated heterocycles. The minimum Gasteiger partial charge on any atom is -0.458 e. The van der Waals surface area contributed by atoms with Crippen LogP contribution in [-0.2, 0) is 14.3 Å². The third kappa shape index (κ3) is 1.61. The third-order valence-corrected chi connectivity index (χ3v) is 11.4. The van der Waals surface area contributed by atoms with Gasteiger partial charge in [0.15, 0.2) is 5.78 Å². The van der Waals surface area contributed by atoms with Crippen molar-refractivity contribution in [1.82, 2.24) is 0 Å². The van der Waals surface area contributed by atoms with Crippen molar-refractivity contribution in [3.05, 3.63) is 11.6 Å². The molecule has 10 atom stereocenters. The molecule has 28 heavy (non-hydrogen) atoms. The van der Waals surface area contributed by atoms with Crippen LogP contribution in [0.1, 0.15) is 71.6 Å². The molecule has 7 aliphatic rings. The van der Waals surface area contributed by atoms with Crippen molar-refractivity contribution in [1.29, 1.82) is 0 Å². The first-order valence-electron chi connectivity index (χ1n) is 11.9. The quantitative estimate of drug-likeness (QED) is 0.572. The number of ether oxygens (including phenoxy) is 1. The predicted molar refractivity (Wildman–Crippen MR) is 104 cm³/mol. The lowest BCUT2D eigenvalue weighted by molar-refractivity contribution is -0.175. The van der Waals surface area contributed by atoms with Gasteiger partial charge in [-0.25, -0.2) is 0 Å². The number of ketones is 1. The highest BCUT2D eigenvalue weighted by Gasteiger charge is 2.78. The normalized spacial score (nSPS) is 60.6. The summed E-state index contributed by atoms with van der Waals surface area (Å²) in [7, 11) is 0. The predicted octanol–water partition coefficient (Wildman–Crippen LogP) is 4.70. The van der Waals surface area contributed by atoms with Gasteiger partial charge in [0.1, 0.15) is 5.60 Å². The molecule has 1 aliphatic heterocycles. The second-order valence-electron chi connectivity index (χ2n) is 11.9. The zero-order chi connectivity index (χ0) is 19.1. The van der Waals surface area contributed by atoms with Crippen LogP contribution in [0.3, 0.4) is 0 Å². The molecule has 0 aromatic heterocycles. The summed E-state index contributed by atoms with van der Waals surface area (Å²) in [4.78, 5) is 24.5. The number of carbonyl (C=O) groups is 2. The Morgan fingerprint density at radius 3 is 2.54 bits per heavy atom. The molecule has 6 fully saturated rings. The van der Waals surface area contributed by atoms with E-state index < -0.39 is 0 Å². The molecule has 3 heteroatoms. The molecule has 0 N–H and O–H groups in total. The maximum atomic E-state index is 12.3. The van der Waals surface area contributed by atoms with Gasteiger partial charge in [-0.1, -0.05) is 19.4 Å². The Morgan fingerprint density at radius 2 is 1.82 bits per heavy atom. The Bertz CT molecular complexity index is 843. The highest BCUT2D eigenvalue weighted by atomic mass is 16.6. The maximum Gasteiger partial charge on any atom is 0.306 e. The Labute approximate surface area is 167 Å². The SMILES string of the molecule is C[C@]12CCC(=O)C=C1C1CC1C1C2CC[C@@]2(C)C1[C@@H]1CC[C@@H]1[C@@]21CCC(=O)O1. The van der Waals surface area contributed by atoms with Crippen LogP contribution >= 0.6 is 0 Å². The largest absolute Gasteiger partial charge is 0.458 e. The van der Waals surface area contributed by atoms with E-state index in [9.17, 15) is 9.59 Å². The van der Waals surface area contributed by atoms with Gasteiger partial charge in [0, 0.05) is 24.2 Å². The summed E-state index contributed by atoms with van der Waals surface area (Å²) in [5.74, 6) is 5.59. The third-order valence-electron chi connectivity index (χ3n) is 11.4. The fourth-order valence-electron chi connectivity index (χ4n) is 10.1. The molecule has 150 valence electrons. The summed E-state index contributed by atoms with van der Waals surface area (Å²) in [5.41, 5.74) is 1.82. The number of rotatable bonds is 0. The number of allylic oxidation sites excluding steroid dienone is 1. The molecule has 1 heterocycles. The lowest BCUT2D eigenvalue weighted by Crippen LogP contribution is -2.56. The molecule has 6 aliphatic carbocycles. The highest BCUT2D eigenvalue weighted by Crippen LogP contribution is 2.80. The van der Waals surface area contributed by atoms with Crippen molar-refractivity contribution in [2.45, 2.75) is 77.2 Å². The first-order valence-corrected chi connectivity index (χ1v) is 11.9. The van der Waals surface area contributed by atoms with Crippen LogP contribution in [0, 0.1) is 52.3 Å². The molecule has 0 aromatic rings. The summed E-state index contributed by atoms with van der Waals surface area (Å²) in [6, 6.07) is 0. The van der Waals surface area contributed by atoms with E-state index in [2.05, 4.69) is 19.9 Å². The van der Waals surface area contributed by atoms with E-state index in [4.69, 9.17) is 4.74 Å².